The van der Waals surface area contributed by atoms with Crippen molar-refractivity contribution in [2.24, 2.45) is 0 Å². The normalized spacial score (nSPS) is 19.4. The van der Waals surface area contributed by atoms with Gasteiger partial charge in [-0.05, 0) is 63.5 Å². The molecule has 2 heterocycles. The van der Waals surface area contributed by atoms with Crippen molar-refractivity contribution in [2.75, 3.05) is 13.2 Å². The summed E-state index contributed by atoms with van der Waals surface area (Å²) in [7, 11) is -3.94. The first-order valence-electron chi connectivity index (χ1n) is 17.5. The standard InChI is InChI=1S/C38H52N3O8P/c1-2-3-4-5-6-7-8-9-10-11-12-13-14-15-16-17-19-23-32(42)24-22-28-39-50(46,49-33-25-20-18-21-26-33)47-31-35-34(43)30-37(48-35)41-29-27-36(44)40-38(41)45/h3-4,6-7,9-10,12-13,15-16,18,20-21,25-27,29,34-35,37,43H,2,5,8,11,14,17,19,22-24,28,30-31H2,1H3,(H,39,46)(H,40,44,45)/b4-3-,7-6-,10-9-,13-12-,16-15-/t34-,35+,37+,50?/m0/s1. The van der Waals surface area contributed by atoms with Crippen LogP contribution in [0, 0.1) is 0 Å². The number of H-pyrrole nitrogens is 1. The van der Waals surface area contributed by atoms with Gasteiger partial charge in [-0.25, -0.2) is 14.4 Å². The lowest BCUT2D eigenvalue weighted by Crippen LogP contribution is -2.32. The van der Waals surface area contributed by atoms with Crippen molar-refractivity contribution in [3.05, 3.63) is 124 Å². The highest BCUT2D eigenvalue weighted by Gasteiger charge is 2.38. The molecule has 0 saturated carbocycles. The average molecular weight is 710 g/mol. The first kappa shape index (κ1) is 40.6. The number of benzene rings is 1. The molecular formula is C38H52N3O8P. The van der Waals surface area contributed by atoms with Crippen LogP contribution in [0.5, 0.6) is 5.75 Å². The summed E-state index contributed by atoms with van der Waals surface area (Å²) >= 11 is 0. The van der Waals surface area contributed by atoms with E-state index in [0.717, 1.165) is 44.9 Å². The summed E-state index contributed by atoms with van der Waals surface area (Å²) < 4.78 is 32.0. The van der Waals surface area contributed by atoms with Crippen LogP contribution in [0.15, 0.2) is 113 Å². The maximum absolute atomic E-state index is 13.7. The number of nitrogens with one attached hydrogen (secondary N) is 2. The minimum atomic E-state index is -3.94. The van der Waals surface area contributed by atoms with Crippen LogP contribution < -0.4 is 20.9 Å². The number of aliphatic hydroxyl groups excluding tert-OH is 1. The molecule has 50 heavy (non-hydrogen) atoms. The van der Waals surface area contributed by atoms with Crippen LogP contribution in [0.3, 0.4) is 0 Å². The second-order valence-corrected chi connectivity index (χ2v) is 13.5. The molecule has 0 bridgehead atoms. The predicted molar refractivity (Wildman–Crippen MR) is 197 cm³/mol. The number of para-hydroxylation sites is 1. The number of hydrogen-bond donors (Lipinski definition) is 3. The van der Waals surface area contributed by atoms with Crippen molar-refractivity contribution in [2.45, 2.75) is 96.0 Å². The number of unbranched alkanes of at least 4 members (excludes halogenated alkanes) is 1. The smallest absolute Gasteiger partial charge is 0.413 e. The van der Waals surface area contributed by atoms with Crippen LogP contribution in [0.1, 0.15) is 83.8 Å². The van der Waals surface area contributed by atoms with Gasteiger partial charge in [-0.15, -0.1) is 0 Å². The quantitative estimate of drug-likeness (QED) is 0.0582. The van der Waals surface area contributed by atoms with Crippen molar-refractivity contribution in [1.29, 1.82) is 0 Å². The van der Waals surface area contributed by atoms with Gasteiger partial charge in [0.25, 0.3) is 5.56 Å². The average Bonchev–Trinajstić information content (AvgIpc) is 3.47. The molecule has 12 heteroatoms. The number of aliphatic hydroxyl groups is 1. The Kier molecular flexibility index (Phi) is 19.1. The van der Waals surface area contributed by atoms with Gasteiger partial charge in [0.2, 0.25) is 0 Å². The monoisotopic (exact) mass is 709 g/mol. The first-order chi connectivity index (χ1) is 24.3. The summed E-state index contributed by atoms with van der Waals surface area (Å²) in [6, 6.07) is 9.71. The van der Waals surface area contributed by atoms with Gasteiger partial charge >= 0.3 is 13.4 Å². The molecule has 0 spiro atoms. The molecule has 1 aromatic carbocycles. The van der Waals surface area contributed by atoms with E-state index in [1.54, 1.807) is 30.3 Å². The van der Waals surface area contributed by atoms with Crippen LogP contribution >= 0.6 is 7.75 Å². The maximum atomic E-state index is 13.7. The Morgan fingerprint density at radius 3 is 2.20 bits per heavy atom. The number of aromatic amines is 1. The highest BCUT2D eigenvalue weighted by Crippen LogP contribution is 2.45. The van der Waals surface area contributed by atoms with Gasteiger partial charge in [0.05, 0.1) is 12.7 Å². The summed E-state index contributed by atoms with van der Waals surface area (Å²) in [6.45, 7) is 2.05. The molecule has 1 unspecified atom stereocenters. The maximum Gasteiger partial charge on any atom is 0.458 e. The van der Waals surface area contributed by atoms with E-state index in [9.17, 15) is 24.1 Å². The molecule has 1 aliphatic heterocycles. The van der Waals surface area contributed by atoms with Crippen LogP contribution in [0.2, 0.25) is 0 Å². The molecule has 4 atom stereocenters. The third-order valence-corrected chi connectivity index (χ3v) is 9.22. The van der Waals surface area contributed by atoms with Gasteiger partial charge in [0.15, 0.2) is 0 Å². The van der Waals surface area contributed by atoms with Gasteiger partial charge in [-0.1, -0.05) is 85.9 Å². The molecule has 0 amide bonds. The Balaban J connectivity index is 1.33. The first-order valence-corrected chi connectivity index (χ1v) is 19.0. The second kappa shape index (κ2) is 23.5. The number of rotatable bonds is 24. The lowest BCUT2D eigenvalue weighted by atomic mass is 10.1. The molecule has 1 fully saturated rings. The van der Waals surface area contributed by atoms with E-state index in [2.05, 4.69) is 77.8 Å². The van der Waals surface area contributed by atoms with E-state index in [-0.39, 0.29) is 25.4 Å². The molecule has 1 saturated heterocycles. The zero-order valence-corrected chi connectivity index (χ0v) is 29.8. The minimum Gasteiger partial charge on any atom is -0.413 e. The summed E-state index contributed by atoms with van der Waals surface area (Å²) in [5.41, 5.74) is -1.21. The van der Waals surface area contributed by atoms with E-state index in [4.69, 9.17) is 13.8 Å². The molecule has 0 aliphatic carbocycles. The minimum absolute atomic E-state index is 0.0699. The van der Waals surface area contributed by atoms with Crippen molar-refractivity contribution in [3.63, 3.8) is 0 Å². The fraction of sp³-hybridized carbons (Fsp3) is 0.447. The Labute approximate surface area is 295 Å². The molecule has 11 nitrogen and oxygen atoms in total. The molecular weight excluding hydrogens is 657 g/mol. The largest absolute Gasteiger partial charge is 0.458 e. The molecule has 1 aromatic heterocycles. The molecule has 1 aliphatic rings. The SMILES string of the molecule is CC/C=C\C/C=C\C/C=C\C/C=C\C/C=C\CCCC(=O)CCCNP(=O)(OC[C@H]1O[C@@H](n2ccc(=O)[nH]c2=O)C[C@@H]1O)Oc1ccccc1. The van der Waals surface area contributed by atoms with E-state index in [1.807, 2.05) is 0 Å². The lowest BCUT2D eigenvalue weighted by molar-refractivity contribution is -0.119. The number of nitrogens with zero attached hydrogens (tertiary/aromatic N) is 1. The molecule has 2 aromatic rings. The number of aromatic nitrogens is 2. The van der Waals surface area contributed by atoms with E-state index < -0.39 is 37.4 Å². The Morgan fingerprint density at radius 1 is 0.940 bits per heavy atom. The van der Waals surface area contributed by atoms with Crippen LogP contribution in [0.4, 0.5) is 0 Å². The highest BCUT2D eigenvalue weighted by molar-refractivity contribution is 7.52. The van der Waals surface area contributed by atoms with Crippen LogP contribution in [-0.2, 0) is 18.6 Å². The number of Topliss-reactive ketones (excluding diaryl/α,β-unsaturated/α-hetero) is 1. The van der Waals surface area contributed by atoms with Crippen LogP contribution in [-0.4, -0.2) is 45.8 Å². The van der Waals surface area contributed by atoms with Gasteiger partial charge in [0.1, 0.15) is 23.9 Å². The Morgan fingerprint density at radius 2 is 1.56 bits per heavy atom. The van der Waals surface area contributed by atoms with Crippen LogP contribution in [0.25, 0.3) is 0 Å². The van der Waals surface area contributed by atoms with Gasteiger partial charge in [-0.3, -0.25) is 23.7 Å². The van der Waals surface area contributed by atoms with Crippen molar-refractivity contribution < 1.29 is 28.3 Å². The van der Waals surface area contributed by atoms with E-state index in [1.165, 1.54) is 16.8 Å². The number of allylic oxidation sites excluding steroid dienone is 10. The highest BCUT2D eigenvalue weighted by atomic mass is 31.2. The molecule has 3 N–H and O–H groups in total. The molecule has 0 radical (unpaired) electrons. The number of ether oxygens (including phenoxy) is 1. The summed E-state index contributed by atoms with van der Waals surface area (Å²) in [5.74, 6) is 0.449. The third kappa shape index (κ3) is 16.2. The van der Waals surface area contributed by atoms with Crippen molar-refractivity contribution in [3.8, 4) is 5.75 Å². The molecule has 272 valence electrons. The number of ketones is 1. The van der Waals surface area contributed by atoms with E-state index in [0.29, 0.717) is 25.0 Å². The fourth-order valence-corrected chi connectivity index (χ4v) is 6.38. The summed E-state index contributed by atoms with van der Waals surface area (Å²) in [4.78, 5) is 38.2. The topological polar surface area (TPSA) is 149 Å². The summed E-state index contributed by atoms with van der Waals surface area (Å²) in [5, 5.41) is 13.4. The summed E-state index contributed by atoms with van der Waals surface area (Å²) in [6.07, 6.45) is 27.8. The Bertz CT molecular complexity index is 1590. The van der Waals surface area contributed by atoms with Crippen molar-refractivity contribution >= 4 is 13.5 Å². The lowest BCUT2D eigenvalue weighted by Gasteiger charge is -2.22. The van der Waals surface area contributed by atoms with E-state index >= 15 is 0 Å². The fourth-order valence-electron chi connectivity index (χ4n) is 5.00. The van der Waals surface area contributed by atoms with Gasteiger partial charge in [-0.2, -0.15) is 0 Å². The second-order valence-electron chi connectivity index (χ2n) is 11.8. The predicted octanol–water partition coefficient (Wildman–Crippen LogP) is 7.25. The zero-order chi connectivity index (χ0) is 35.9. The molecule has 3 rings (SSSR count). The number of hydrogen-bond acceptors (Lipinski definition) is 8. The number of carbonyl (C=O) groups is 1. The Hall–Kier alpha value is -3.86. The third-order valence-electron chi connectivity index (χ3n) is 7.67. The van der Waals surface area contributed by atoms with Crippen molar-refractivity contribution in [1.82, 2.24) is 14.6 Å². The van der Waals surface area contributed by atoms with Gasteiger partial charge in [0, 0.05) is 38.1 Å². The van der Waals surface area contributed by atoms with Gasteiger partial charge < -0.3 is 14.4 Å². The zero-order valence-electron chi connectivity index (χ0n) is 28.9. The number of carbonyl (C=O) groups excluding carboxylic acids is 1.